The Morgan fingerprint density at radius 1 is 1.37 bits per heavy atom. The third-order valence-corrected chi connectivity index (χ3v) is 3.86. The summed E-state index contributed by atoms with van der Waals surface area (Å²) in [6.07, 6.45) is 2.69. The molecule has 0 aliphatic carbocycles. The van der Waals surface area contributed by atoms with Gasteiger partial charge in [0.25, 0.3) is 5.91 Å². The van der Waals surface area contributed by atoms with Crippen molar-refractivity contribution in [1.29, 1.82) is 0 Å². The molecular weight excluding hydrogens is 313 g/mol. The van der Waals surface area contributed by atoms with Crippen LogP contribution in [0.3, 0.4) is 0 Å². The van der Waals surface area contributed by atoms with E-state index >= 15 is 0 Å². The van der Waals surface area contributed by atoms with Crippen LogP contribution in [0.25, 0.3) is 0 Å². The smallest absolute Gasteiger partial charge is 0.263 e. The summed E-state index contributed by atoms with van der Waals surface area (Å²) in [4.78, 5) is 14.0. The molecule has 1 aliphatic rings. The van der Waals surface area contributed by atoms with E-state index in [1.165, 1.54) is 12.5 Å². The molecule has 0 N–H and O–H groups in total. The minimum atomic E-state index is -0.585. The van der Waals surface area contributed by atoms with E-state index < -0.39 is 11.9 Å². The average Bonchev–Trinajstić information content (AvgIpc) is 2.43. The van der Waals surface area contributed by atoms with Crippen LogP contribution in [0.1, 0.15) is 26.2 Å². The molecule has 1 unspecified atom stereocenters. The summed E-state index contributed by atoms with van der Waals surface area (Å²) in [6, 6.07) is 4.50. The molecule has 104 valence electrons. The van der Waals surface area contributed by atoms with Gasteiger partial charge in [0, 0.05) is 19.2 Å². The lowest BCUT2D eigenvalue weighted by Crippen LogP contribution is -2.43. The van der Waals surface area contributed by atoms with Gasteiger partial charge in [0.15, 0.2) is 6.10 Å². The highest BCUT2D eigenvalue weighted by Gasteiger charge is 2.23. The highest BCUT2D eigenvalue weighted by atomic mass is 79.9. The van der Waals surface area contributed by atoms with Crippen molar-refractivity contribution < 1.29 is 13.9 Å². The minimum absolute atomic E-state index is 0.0250. The van der Waals surface area contributed by atoms with Crippen molar-refractivity contribution in [1.82, 2.24) is 4.90 Å². The van der Waals surface area contributed by atoms with E-state index in [9.17, 15) is 9.18 Å². The first kappa shape index (κ1) is 14.3. The zero-order chi connectivity index (χ0) is 13.8. The van der Waals surface area contributed by atoms with Gasteiger partial charge in [-0.15, -0.1) is 0 Å². The maximum absolute atomic E-state index is 13.4. The fourth-order valence-corrected chi connectivity index (χ4v) is 2.42. The molecular formula is C14H17BrFNO2. The first-order chi connectivity index (χ1) is 9.08. The summed E-state index contributed by atoms with van der Waals surface area (Å²) >= 11 is 3.08. The lowest BCUT2D eigenvalue weighted by atomic mass is 10.1. The van der Waals surface area contributed by atoms with E-state index in [4.69, 9.17) is 4.74 Å². The summed E-state index contributed by atoms with van der Waals surface area (Å²) in [5.41, 5.74) is 0. The molecule has 1 amide bonds. The van der Waals surface area contributed by atoms with E-state index in [1.807, 2.05) is 4.90 Å². The molecule has 2 rings (SSSR count). The van der Waals surface area contributed by atoms with Crippen LogP contribution in [-0.4, -0.2) is 30.0 Å². The van der Waals surface area contributed by atoms with Gasteiger partial charge in [-0.25, -0.2) is 4.39 Å². The lowest BCUT2D eigenvalue weighted by molar-refractivity contribution is -0.138. The molecule has 1 aromatic rings. The highest BCUT2D eigenvalue weighted by molar-refractivity contribution is 9.10. The van der Waals surface area contributed by atoms with Crippen LogP contribution in [0.4, 0.5) is 4.39 Å². The van der Waals surface area contributed by atoms with Crippen LogP contribution in [0.5, 0.6) is 5.75 Å². The van der Waals surface area contributed by atoms with Gasteiger partial charge in [0.05, 0.1) is 4.47 Å². The third kappa shape index (κ3) is 3.69. The van der Waals surface area contributed by atoms with Crippen molar-refractivity contribution in [3.05, 3.63) is 28.5 Å². The SMILES string of the molecule is CC(Oc1ccc(Br)c(F)c1)C(=O)N1CCCCC1. The number of piperidine rings is 1. The Bertz CT molecular complexity index is 461. The first-order valence-electron chi connectivity index (χ1n) is 6.48. The van der Waals surface area contributed by atoms with E-state index in [0.29, 0.717) is 10.2 Å². The van der Waals surface area contributed by atoms with E-state index in [-0.39, 0.29) is 5.91 Å². The molecule has 0 bridgehead atoms. The number of carbonyl (C=O) groups excluding carboxylic acids is 1. The number of ether oxygens (including phenoxy) is 1. The monoisotopic (exact) mass is 329 g/mol. The molecule has 19 heavy (non-hydrogen) atoms. The van der Waals surface area contributed by atoms with Gasteiger partial charge in [-0.2, -0.15) is 0 Å². The summed E-state index contributed by atoms with van der Waals surface area (Å²) in [6.45, 7) is 3.29. The van der Waals surface area contributed by atoms with Crippen molar-refractivity contribution >= 4 is 21.8 Å². The van der Waals surface area contributed by atoms with Gasteiger partial charge in [0.2, 0.25) is 0 Å². The average molecular weight is 330 g/mol. The number of likely N-dealkylation sites (tertiary alicyclic amines) is 1. The molecule has 1 aromatic carbocycles. The number of hydrogen-bond donors (Lipinski definition) is 0. The third-order valence-electron chi connectivity index (χ3n) is 3.22. The van der Waals surface area contributed by atoms with Gasteiger partial charge in [-0.1, -0.05) is 0 Å². The van der Waals surface area contributed by atoms with E-state index in [0.717, 1.165) is 25.9 Å². The van der Waals surface area contributed by atoms with Crippen molar-refractivity contribution in [2.75, 3.05) is 13.1 Å². The number of carbonyl (C=O) groups is 1. The minimum Gasteiger partial charge on any atom is -0.481 e. The second-order valence-corrected chi connectivity index (χ2v) is 5.58. The number of nitrogens with zero attached hydrogens (tertiary/aromatic N) is 1. The maximum Gasteiger partial charge on any atom is 0.263 e. The molecule has 1 saturated heterocycles. The van der Waals surface area contributed by atoms with Crippen LogP contribution in [0.15, 0.2) is 22.7 Å². The summed E-state index contributed by atoms with van der Waals surface area (Å²) < 4.78 is 19.3. The van der Waals surface area contributed by atoms with Crippen molar-refractivity contribution in [2.24, 2.45) is 0 Å². The summed E-state index contributed by atoms with van der Waals surface area (Å²) in [7, 11) is 0. The van der Waals surface area contributed by atoms with Crippen LogP contribution in [0.2, 0.25) is 0 Å². The standard InChI is InChI=1S/C14H17BrFNO2/c1-10(14(18)17-7-3-2-4-8-17)19-11-5-6-12(15)13(16)9-11/h5-6,9-10H,2-4,7-8H2,1H3. The first-order valence-corrected chi connectivity index (χ1v) is 7.28. The fraction of sp³-hybridized carbons (Fsp3) is 0.500. The Hall–Kier alpha value is -1.10. The Morgan fingerprint density at radius 3 is 2.68 bits per heavy atom. The van der Waals surface area contributed by atoms with Crippen LogP contribution < -0.4 is 4.74 Å². The molecule has 3 nitrogen and oxygen atoms in total. The predicted molar refractivity (Wildman–Crippen MR) is 74.6 cm³/mol. The predicted octanol–water partition coefficient (Wildman–Crippen LogP) is 3.37. The lowest BCUT2D eigenvalue weighted by Gasteiger charge is -2.29. The number of rotatable bonds is 3. The van der Waals surface area contributed by atoms with Gasteiger partial charge in [-0.3, -0.25) is 4.79 Å². The van der Waals surface area contributed by atoms with Crippen LogP contribution >= 0.6 is 15.9 Å². The molecule has 0 radical (unpaired) electrons. The zero-order valence-electron chi connectivity index (χ0n) is 10.9. The number of amides is 1. The van der Waals surface area contributed by atoms with Gasteiger partial charge in [-0.05, 0) is 54.2 Å². The molecule has 0 spiro atoms. The Kier molecular flexibility index (Phi) is 4.80. The molecule has 1 heterocycles. The normalized spacial score (nSPS) is 17.1. The van der Waals surface area contributed by atoms with Crippen LogP contribution in [-0.2, 0) is 4.79 Å². The van der Waals surface area contributed by atoms with Crippen molar-refractivity contribution in [3.63, 3.8) is 0 Å². The van der Waals surface area contributed by atoms with Gasteiger partial charge < -0.3 is 9.64 Å². The number of halogens is 2. The second-order valence-electron chi connectivity index (χ2n) is 4.72. The molecule has 0 saturated carbocycles. The molecule has 1 fully saturated rings. The Balaban J connectivity index is 1.97. The highest BCUT2D eigenvalue weighted by Crippen LogP contribution is 2.22. The molecule has 1 atom stereocenters. The largest absolute Gasteiger partial charge is 0.481 e. The molecule has 0 aromatic heterocycles. The molecule has 5 heteroatoms. The number of benzene rings is 1. The maximum atomic E-state index is 13.4. The van der Waals surface area contributed by atoms with Gasteiger partial charge >= 0.3 is 0 Å². The van der Waals surface area contributed by atoms with Crippen molar-refractivity contribution in [3.8, 4) is 5.75 Å². The fourth-order valence-electron chi connectivity index (χ4n) is 2.18. The van der Waals surface area contributed by atoms with Crippen LogP contribution in [0, 0.1) is 5.82 Å². The zero-order valence-corrected chi connectivity index (χ0v) is 12.5. The number of hydrogen-bond acceptors (Lipinski definition) is 2. The van der Waals surface area contributed by atoms with E-state index in [2.05, 4.69) is 15.9 Å². The Labute approximate surface area is 120 Å². The topological polar surface area (TPSA) is 29.5 Å². The second kappa shape index (κ2) is 6.37. The van der Waals surface area contributed by atoms with Crippen molar-refractivity contribution in [2.45, 2.75) is 32.3 Å². The quantitative estimate of drug-likeness (QED) is 0.850. The van der Waals surface area contributed by atoms with E-state index in [1.54, 1.807) is 19.1 Å². The summed E-state index contributed by atoms with van der Waals surface area (Å²) in [5.74, 6) is -0.0447. The molecule has 1 aliphatic heterocycles. The van der Waals surface area contributed by atoms with Gasteiger partial charge in [0.1, 0.15) is 11.6 Å². The summed E-state index contributed by atoms with van der Waals surface area (Å²) in [5, 5.41) is 0. The Morgan fingerprint density at radius 2 is 2.05 bits per heavy atom.